The van der Waals surface area contributed by atoms with Gasteiger partial charge in [-0.2, -0.15) is 0 Å². The maximum atomic E-state index is 11.9. The zero-order chi connectivity index (χ0) is 13.5. The number of hydrogen-bond donors (Lipinski definition) is 3. The van der Waals surface area contributed by atoms with Crippen molar-refractivity contribution in [2.45, 2.75) is 12.5 Å². The Kier molecular flexibility index (Phi) is 6.37. The van der Waals surface area contributed by atoms with Crippen molar-refractivity contribution in [1.29, 1.82) is 0 Å². The average molecular weight is 365 g/mol. The van der Waals surface area contributed by atoms with E-state index in [1.54, 1.807) is 19.2 Å². The lowest BCUT2D eigenvalue weighted by molar-refractivity contribution is 0.0892. The van der Waals surface area contributed by atoms with Gasteiger partial charge in [-0.25, -0.2) is 0 Å². The number of aromatic hydroxyl groups is 1. The minimum absolute atomic E-state index is 0.0728. The maximum Gasteiger partial charge on any atom is 0.255 e. The lowest BCUT2D eigenvalue weighted by Gasteiger charge is -2.16. The number of nitrogens with one attached hydrogen (secondary N) is 1. The Hall–Kier alpha value is -0.860. The van der Waals surface area contributed by atoms with Crippen LogP contribution in [0, 0.1) is 3.57 Å². The number of amides is 1. The van der Waals surface area contributed by atoms with Crippen LogP contribution >= 0.6 is 22.6 Å². The normalized spacial score (nSPS) is 12.2. The van der Waals surface area contributed by atoms with Gasteiger partial charge in [0.05, 0.1) is 18.2 Å². The van der Waals surface area contributed by atoms with E-state index in [9.17, 15) is 9.90 Å². The van der Waals surface area contributed by atoms with Gasteiger partial charge in [0, 0.05) is 17.3 Å². The summed E-state index contributed by atoms with van der Waals surface area (Å²) in [5.41, 5.74) is 0.206. The van der Waals surface area contributed by atoms with Crippen LogP contribution in [0.2, 0.25) is 0 Å². The van der Waals surface area contributed by atoms with Crippen LogP contribution in [0.15, 0.2) is 18.2 Å². The van der Waals surface area contributed by atoms with Gasteiger partial charge in [-0.1, -0.05) is 0 Å². The van der Waals surface area contributed by atoms with Gasteiger partial charge >= 0.3 is 0 Å². The van der Waals surface area contributed by atoms with Gasteiger partial charge < -0.3 is 20.3 Å². The summed E-state index contributed by atoms with van der Waals surface area (Å²) in [6.07, 6.45) is 0.517. The predicted molar refractivity (Wildman–Crippen MR) is 75.7 cm³/mol. The second-order valence-corrected chi connectivity index (χ2v) is 5.04. The fourth-order valence-corrected chi connectivity index (χ4v) is 1.91. The summed E-state index contributed by atoms with van der Waals surface area (Å²) in [4.78, 5) is 11.9. The number of aliphatic hydroxyl groups excluding tert-OH is 1. The lowest BCUT2D eigenvalue weighted by atomic mass is 10.1. The summed E-state index contributed by atoms with van der Waals surface area (Å²) < 4.78 is 5.75. The number of rotatable bonds is 6. The zero-order valence-corrected chi connectivity index (χ0v) is 12.2. The molecular formula is C12H16INO4. The van der Waals surface area contributed by atoms with E-state index >= 15 is 0 Å². The van der Waals surface area contributed by atoms with Crippen molar-refractivity contribution in [2.24, 2.45) is 0 Å². The fraction of sp³-hybridized carbons (Fsp3) is 0.417. The maximum absolute atomic E-state index is 11.9. The molecule has 0 heterocycles. The smallest absolute Gasteiger partial charge is 0.255 e. The number of ether oxygens (including phenoxy) is 1. The topological polar surface area (TPSA) is 78.8 Å². The lowest BCUT2D eigenvalue weighted by Crippen LogP contribution is -2.38. The molecule has 0 fully saturated rings. The van der Waals surface area contributed by atoms with Gasteiger partial charge in [0.1, 0.15) is 5.75 Å². The molecule has 0 aliphatic rings. The first-order valence-electron chi connectivity index (χ1n) is 5.47. The third kappa shape index (κ3) is 4.43. The summed E-state index contributed by atoms with van der Waals surface area (Å²) in [7, 11) is 1.56. The molecule has 1 unspecified atom stereocenters. The van der Waals surface area contributed by atoms with Crippen LogP contribution in [0.5, 0.6) is 5.75 Å². The Morgan fingerprint density at radius 1 is 1.56 bits per heavy atom. The molecular weight excluding hydrogens is 349 g/mol. The largest absolute Gasteiger partial charge is 0.507 e. The van der Waals surface area contributed by atoms with Crippen LogP contribution in [0.3, 0.4) is 0 Å². The molecule has 1 rings (SSSR count). The van der Waals surface area contributed by atoms with Crippen molar-refractivity contribution in [2.75, 3.05) is 20.3 Å². The molecule has 0 aliphatic carbocycles. The number of carbonyl (C=O) groups excluding carboxylic acids is 1. The average Bonchev–Trinajstić information content (AvgIpc) is 2.37. The molecule has 1 aromatic carbocycles. The Morgan fingerprint density at radius 3 is 2.89 bits per heavy atom. The van der Waals surface area contributed by atoms with E-state index in [4.69, 9.17) is 9.84 Å². The third-order valence-electron chi connectivity index (χ3n) is 2.43. The van der Waals surface area contributed by atoms with Crippen LogP contribution in [0.25, 0.3) is 0 Å². The molecule has 0 saturated carbocycles. The number of phenols is 1. The Labute approximate surface area is 119 Å². The first-order valence-corrected chi connectivity index (χ1v) is 6.55. The zero-order valence-electron chi connectivity index (χ0n) is 10.0. The summed E-state index contributed by atoms with van der Waals surface area (Å²) in [6.45, 7) is 0.281. The highest BCUT2D eigenvalue weighted by atomic mass is 127. The Morgan fingerprint density at radius 2 is 2.28 bits per heavy atom. The first-order chi connectivity index (χ1) is 8.58. The number of hydrogen-bond acceptors (Lipinski definition) is 4. The molecule has 1 atom stereocenters. The molecule has 1 aromatic rings. The molecule has 0 bridgehead atoms. The summed E-state index contributed by atoms with van der Waals surface area (Å²) in [5.74, 6) is -0.475. The van der Waals surface area contributed by atoms with Crippen molar-refractivity contribution in [3.05, 3.63) is 27.3 Å². The SMILES string of the molecule is COCCC(CO)NC(=O)c1cc(I)ccc1O. The van der Waals surface area contributed by atoms with E-state index in [1.807, 2.05) is 0 Å². The molecule has 0 saturated heterocycles. The minimum atomic E-state index is -0.402. The van der Waals surface area contributed by atoms with Crippen molar-refractivity contribution in [3.8, 4) is 5.75 Å². The highest BCUT2D eigenvalue weighted by molar-refractivity contribution is 14.1. The van der Waals surface area contributed by atoms with Crippen molar-refractivity contribution < 1.29 is 19.7 Å². The molecule has 0 spiro atoms. The molecule has 6 heteroatoms. The molecule has 100 valence electrons. The van der Waals surface area contributed by atoms with Crippen molar-refractivity contribution in [1.82, 2.24) is 5.32 Å². The van der Waals surface area contributed by atoms with Gasteiger partial charge in [0.25, 0.3) is 5.91 Å². The van der Waals surface area contributed by atoms with Crippen molar-refractivity contribution >= 4 is 28.5 Å². The molecule has 3 N–H and O–H groups in total. The highest BCUT2D eigenvalue weighted by Crippen LogP contribution is 2.19. The molecule has 0 aromatic heterocycles. The fourth-order valence-electron chi connectivity index (χ4n) is 1.42. The predicted octanol–water partition coefficient (Wildman–Crippen LogP) is 1.12. The molecule has 1 amide bonds. The van der Waals surface area contributed by atoms with Crippen LogP contribution in [-0.2, 0) is 4.74 Å². The first kappa shape index (κ1) is 15.2. The van der Waals surface area contributed by atoms with Gasteiger partial charge in [0.2, 0.25) is 0 Å². The van der Waals surface area contributed by atoms with Crippen molar-refractivity contribution in [3.63, 3.8) is 0 Å². The van der Waals surface area contributed by atoms with Crippen LogP contribution in [0.1, 0.15) is 16.8 Å². The van der Waals surface area contributed by atoms with E-state index in [-0.39, 0.29) is 24.0 Å². The molecule has 18 heavy (non-hydrogen) atoms. The second kappa shape index (κ2) is 7.55. The third-order valence-corrected chi connectivity index (χ3v) is 3.10. The van der Waals surface area contributed by atoms with Gasteiger partial charge in [-0.3, -0.25) is 4.79 Å². The monoisotopic (exact) mass is 365 g/mol. The van der Waals surface area contributed by atoms with E-state index in [0.717, 1.165) is 3.57 Å². The van der Waals surface area contributed by atoms with Gasteiger partial charge in [0.15, 0.2) is 0 Å². The van der Waals surface area contributed by atoms with Gasteiger partial charge in [-0.05, 0) is 47.2 Å². The number of methoxy groups -OCH3 is 1. The molecule has 0 radical (unpaired) electrons. The van der Waals surface area contributed by atoms with E-state index in [1.165, 1.54) is 6.07 Å². The van der Waals surface area contributed by atoms with Crippen LogP contribution in [0.4, 0.5) is 0 Å². The second-order valence-electron chi connectivity index (χ2n) is 3.80. The van der Waals surface area contributed by atoms with E-state index in [0.29, 0.717) is 13.0 Å². The summed E-state index contributed by atoms with van der Waals surface area (Å²) in [5, 5.41) is 21.4. The van der Waals surface area contributed by atoms with Gasteiger partial charge in [-0.15, -0.1) is 0 Å². The summed E-state index contributed by atoms with van der Waals surface area (Å²) >= 11 is 2.06. The van der Waals surface area contributed by atoms with E-state index in [2.05, 4.69) is 27.9 Å². The molecule has 5 nitrogen and oxygen atoms in total. The Balaban J connectivity index is 2.71. The van der Waals surface area contributed by atoms with Crippen LogP contribution < -0.4 is 5.32 Å². The number of halogens is 1. The quantitative estimate of drug-likeness (QED) is 0.661. The van der Waals surface area contributed by atoms with E-state index < -0.39 is 5.91 Å². The number of phenolic OH excluding ortho intramolecular Hbond substituents is 1. The van der Waals surface area contributed by atoms with Crippen LogP contribution in [-0.4, -0.2) is 42.5 Å². The minimum Gasteiger partial charge on any atom is -0.507 e. The summed E-state index contributed by atoms with van der Waals surface area (Å²) in [6, 6.07) is 4.39. The number of aliphatic hydroxyl groups is 1. The number of benzene rings is 1. The number of carbonyl (C=O) groups is 1. The Bertz CT molecular complexity index is 411. The standard InChI is InChI=1S/C12H16INO4/c1-18-5-4-9(7-15)14-12(17)10-6-8(13)2-3-11(10)16/h2-3,6,9,15-16H,4-5,7H2,1H3,(H,14,17). The highest BCUT2D eigenvalue weighted by Gasteiger charge is 2.16. The molecule has 0 aliphatic heterocycles.